The van der Waals surface area contributed by atoms with Gasteiger partial charge in [0.15, 0.2) is 0 Å². The smallest absolute Gasteiger partial charge is 0.219 e. The molecule has 4 saturated heterocycles. The molecule has 0 aliphatic carbocycles. The van der Waals surface area contributed by atoms with E-state index in [1.54, 1.807) is 6.92 Å². The minimum atomic E-state index is 0. The molecule has 0 aromatic rings. The Morgan fingerprint density at radius 2 is 1.13 bits per heavy atom. The third-order valence-corrected chi connectivity index (χ3v) is 6.92. The second-order valence-corrected chi connectivity index (χ2v) is 9.59. The molecule has 2 atom stereocenters. The number of likely N-dealkylation sites (N-methyl/N-ethyl adjacent to an activating group) is 5. The zero-order valence-electron chi connectivity index (χ0n) is 19.9. The van der Waals surface area contributed by atoms with Crippen molar-refractivity contribution in [3.63, 3.8) is 0 Å². The molecular weight excluding hydrogens is 376 g/mol. The van der Waals surface area contributed by atoms with Crippen molar-refractivity contribution < 1.29 is 4.79 Å². The van der Waals surface area contributed by atoms with E-state index in [0.29, 0.717) is 0 Å². The van der Waals surface area contributed by atoms with Crippen LogP contribution >= 0.6 is 0 Å². The van der Waals surface area contributed by atoms with E-state index in [9.17, 15) is 4.79 Å². The zero-order valence-corrected chi connectivity index (χ0v) is 19.9. The van der Waals surface area contributed by atoms with Crippen LogP contribution in [0.15, 0.2) is 0 Å². The van der Waals surface area contributed by atoms with Gasteiger partial charge in [-0.25, -0.2) is 0 Å². The van der Waals surface area contributed by atoms with Gasteiger partial charge in [-0.1, -0.05) is 7.43 Å². The van der Waals surface area contributed by atoms with Crippen LogP contribution in [-0.2, 0) is 4.79 Å². The summed E-state index contributed by atoms with van der Waals surface area (Å²) in [7, 11) is 10.9. The third kappa shape index (κ3) is 9.18. The van der Waals surface area contributed by atoms with Crippen LogP contribution in [0.2, 0.25) is 0 Å². The van der Waals surface area contributed by atoms with Gasteiger partial charge in [0, 0.05) is 78.4 Å². The lowest BCUT2D eigenvalue weighted by Gasteiger charge is -2.33. The number of piperidine rings is 1. The molecule has 4 fully saturated rings. The minimum absolute atomic E-state index is 0. The maximum absolute atomic E-state index is 10.8. The van der Waals surface area contributed by atoms with E-state index < -0.39 is 0 Å². The molecule has 0 saturated carbocycles. The first kappa shape index (κ1) is 27.3. The van der Waals surface area contributed by atoms with Gasteiger partial charge in [-0.3, -0.25) is 4.79 Å². The molecule has 7 heteroatoms. The number of nitrogens with zero attached hydrogens (tertiary/aromatic N) is 6. The van der Waals surface area contributed by atoms with Crippen molar-refractivity contribution in [3.05, 3.63) is 0 Å². The molecule has 1 amide bonds. The Morgan fingerprint density at radius 1 is 0.667 bits per heavy atom. The van der Waals surface area contributed by atoms with Crippen molar-refractivity contribution in [1.29, 1.82) is 0 Å². The first-order chi connectivity index (χ1) is 13.8. The summed E-state index contributed by atoms with van der Waals surface area (Å²) in [5.41, 5.74) is 0. The predicted molar refractivity (Wildman–Crippen MR) is 128 cm³/mol. The molecule has 0 N–H and O–H groups in total. The van der Waals surface area contributed by atoms with E-state index in [1.807, 2.05) is 4.90 Å². The summed E-state index contributed by atoms with van der Waals surface area (Å²) < 4.78 is 0. The van der Waals surface area contributed by atoms with Crippen molar-refractivity contribution in [2.24, 2.45) is 5.92 Å². The van der Waals surface area contributed by atoms with Crippen LogP contribution < -0.4 is 0 Å². The van der Waals surface area contributed by atoms with Crippen molar-refractivity contribution >= 4 is 5.91 Å². The van der Waals surface area contributed by atoms with E-state index in [1.165, 1.54) is 58.7 Å². The van der Waals surface area contributed by atoms with Gasteiger partial charge < -0.3 is 29.4 Å². The molecular formula is C23H50N6O. The van der Waals surface area contributed by atoms with Gasteiger partial charge in [-0.2, -0.15) is 0 Å². The normalized spacial score (nSPS) is 29.1. The highest BCUT2D eigenvalue weighted by Crippen LogP contribution is 2.28. The van der Waals surface area contributed by atoms with E-state index in [0.717, 1.165) is 38.1 Å². The largest absolute Gasteiger partial charge is 0.340 e. The highest BCUT2D eigenvalue weighted by atomic mass is 16.2. The van der Waals surface area contributed by atoms with Crippen LogP contribution in [-0.4, -0.2) is 149 Å². The molecule has 0 bridgehead atoms. The molecule has 4 aliphatic rings. The van der Waals surface area contributed by atoms with E-state index in [2.05, 4.69) is 59.7 Å². The van der Waals surface area contributed by atoms with E-state index >= 15 is 0 Å². The second-order valence-electron chi connectivity index (χ2n) is 9.59. The van der Waals surface area contributed by atoms with Crippen molar-refractivity contribution in [2.45, 2.75) is 33.2 Å². The van der Waals surface area contributed by atoms with E-state index in [-0.39, 0.29) is 13.3 Å². The average molecular weight is 427 g/mol. The Labute approximate surface area is 186 Å². The number of carbonyl (C=O) groups excluding carboxylic acids is 1. The summed E-state index contributed by atoms with van der Waals surface area (Å²) in [5.74, 6) is 1.17. The minimum Gasteiger partial charge on any atom is -0.340 e. The first-order valence-corrected chi connectivity index (χ1v) is 11.5. The number of hydrogen-bond acceptors (Lipinski definition) is 6. The van der Waals surface area contributed by atoms with Gasteiger partial charge in [0.25, 0.3) is 0 Å². The van der Waals surface area contributed by atoms with Crippen LogP contribution in [0.25, 0.3) is 0 Å². The average Bonchev–Trinajstić information content (AvgIpc) is 3.07. The Balaban J connectivity index is 0.000000224. The number of amides is 1. The van der Waals surface area contributed by atoms with Crippen LogP contribution in [0.3, 0.4) is 0 Å². The second kappa shape index (κ2) is 13.6. The number of fused-ring (bicyclic) bond motifs is 1. The molecule has 30 heavy (non-hydrogen) atoms. The van der Waals surface area contributed by atoms with Crippen molar-refractivity contribution in [3.8, 4) is 0 Å². The zero-order chi connectivity index (χ0) is 21.4. The highest BCUT2D eigenvalue weighted by molar-refractivity contribution is 5.73. The summed E-state index contributed by atoms with van der Waals surface area (Å²) in [6.45, 7) is 14.3. The summed E-state index contributed by atoms with van der Waals surface area (Å²) in [6.07, 6.45) is 2.87. The van der Waals surface area contributed by atoms with Gasteiger partial charge in [0.05, 0.1) is 0 Å². The lowest BCUT2D eigenvalue weighted by atomic mass is 9.93. The summed E-state index contributed by atoms with van der Waals surface area (Å²) >= 11 is 0. The maximum Gasteiger partial charge on any atom is 0.219 e. The third-order valence-electron chi connectivity index (χ3n) is 6.92. The fraction of sp³-hybridized carbons (Fsp3) is 0.957. The number of piperazine rings is 2. The molecule has 4 aliphatic heterocycles. The number of hydrogen-bond donors (Lipinski definition) is 0. The lowest BCUT2D eigenvalue weighted by molar-refractivity contribution is -0.130. The molecule has 4 heterocycles. The standard InChI is InChI=1S/C9H18N2.C7H14N2O.C6H14N2.CH4/c1-10-6-8-4-3-5-11(2)9(8)7-10;1-7(10)9-5-3-8(2)4-6-9;1-7-3-5-8(2)6-4-7;/h8-9H,3-7H2,1-2H3;3-6H2,1-2H3;3-6H2,1-2H3;1H4/t8-,9+;;;/m0.../s1. The quantitative estimate of drug-likeness (QED) is 0.573. The number of rotatable bonds is 0. The van der Waals surface area contributed by atoms with Gasteiger partial charge in [-0.15, -0.1) is 0 Å². The van der Waals surface area contributed by atoms with Gasteiger partial charge >= 0.3 is 0 Å². The molecule has 0 spiro atoms. The molecule has 0 radical (unpaired) electrons. The number of likely N-dealkylation sites (tertiary alicyclic amines) is 2. The molecule has 4 rings (SSSR count). The topological polar surface area (TPSA) is 36.5 Å². The Hall–Kier alpha value is -0.730. The highest BCUT2D eigenvalue weighted by Gasteiger charge is 2.35. The summed E-state index contributed by atoms with van der Waals surface area (Å²) in [4.78, 5) is 24.7. The monoisotopic (exact) mass is 426 g/mol. The van der Waals surface area contributed by atoms with Gasteiger partial charge in [-0.05, 0) is 60.5 Å². The van der Waals surface area contributed by atoms with Crippen LogP contribution in [0.1, 0.15) is 27.2 Å². The van der Waals surface area contributed by atoms with Crippen LogP contribution in [0.4, 0.5) is 0 Å². The molecule has 0 aromatic heterocycles. The molecule has 7 nitrogen and oxygen atoms in total. The Morgan fingerprint density at radius 3 is 1.57 bits per heavy atom. The molecule has 178 valence electrons. The predicted octanol–water partition coefficient (Wildman–Crippen LogP) is 0.922. The Bertz CT molecular complexity index is 464. The van der Waals surface area contributed by atoms with Crippen molar-refractivity contribution in [1.82, 2.24) is 29.4 Å². The lowest BCUT2D eigenvalue weighted by Crippen LogP contribution is -2.46. The van der Waals surface area contributed by atoms with Gasteiger partial charge in [0.1, 0.15) is 0 Å². The fourth-order valence-electron chi connectivity index (χ4n) is 4.64. The summed E-state index contributed by atoms with van der Waals surface area (Å²) in [5, 5.41) is 0. The Kier molecular flexibility index (Phi) is 12.4. The van der Waals surface area contributed by atoms with Crippen molar-refractivity contribution in [2.75, 3.05) is 107 Å². The molecule has 0 aromatic carbocycles. The van der Waals surface area contributed by atoms with Crippen LogP contribution in [0, 0.1) is 5.92 Å². The van der Waals surface area contributed by atoms with Gasteiger partial charge in [0.2, 0.25) is 5.91 Å². The number of carbonyl (C=O) groups is 1. The van der Waals surface area contributed by atoms with E-state index in [4.69, 9.17) is 0 Å². The SMILES string of the molecule is C.CC(=O)N1CCN(C)CC1.CN1CCN(C)CC1.CN1C[C@@H]2CCCN(C)[C@@H]2C1. The van der Waals surface area contributed by atoms with Crippen LogP contribution in [0.5, 0.6) is 0 Å². The maximum atomic E-state index is 10.8. The molecule has 0 unspecified atom stereocenters. The fourth-order valence-corrected chi connectivity index (χ4v) is 4.64. The summed E-state index contributed by atoms with van der Waals surface area (Å²) in [6, 6.07) is 0.869. The first-order valence-electron chi connectivity index (χ1n) is 11.5.